The molecule has 6 aromatic rings. The van der Waals surface area contributed by atoms with E-state index in [0.29, 0.717) is 48.5 Å². The van der Waals surface area contributed by atoms with Gasteiger partial charge in [-0.3, -0.25) is 33.9 Å². The molecule has 23 nitrogen and oxygen atoms in total. The maximum absolute atomic E-state index is 13.9. The molecular weight excluding hydrogens is 836 g/mol. The van der Waals surface area contributed by atoms with Gasteiger partial charge in [-0.05, 0) is 30.3 Å². The van der Waals surface area contributed by atoms with Crippen LogP contribution in [0.4, 0.5) is 0 Å². The lowest BCUT2D eigenvalue weighted by molar-refractivity contribution is -0.106. The number of carbonyl (C=O) groups is 3. The van der Waals surface area contributed by atoms with Crippen molar-refractivity contribution in [3.8, 4) is 115 Å². The molecule has 0 unspecified atom stereocenters. The van der Waals surface area contributed by atoms with Gasteiger partial charge in [0.15, 0.2) is 69.0 Å². The number of hydrogen-bond acceptors (Lipinski definition) is 23. The summed E-state index contributed by atoms with van der Waals surface area (Å²) in [5.74, 6) is -25.1. The van der Waals surface area contributed by atoms with E-state index in [2.05, 4.69) is 0 Å². The molecule has 0 aliphatic carbocycles. The van der Waals surface area contributed by atoms with Gasteiger partial charge in [0, 0.05) is 30.3 Å². The van der Waals surface area contributed by atoms with Gasteiger partial charge in [-0.15, -0.1) is 0 Å². The number of phenols is 16. The lowest BCUT2D eigenvalue weighted by Crippen LogP contribution is -2.11. The molecule has 16 N–H and O–H groups in total. The van der Waals surface area contributed by atoms with Crippen molar-refractivity contribution in [2.24, 2.45) is 0 Å². The van der Waals surface area contributed by atoms with Crippen molar-refractivity contribution in [1.29, 1.82) is 0 Å². The van der Waals surface area contributed by atoms with E-state index in [4.69, 9.17) is 19.6 Å². The summed E-state index contributed by atoms with van der Waals surface area (Å²) in [4.78, 5) is 61.1. The summed E-state index contributed by atoms with van der Waals surface area (Å²) in [6.07, 6.45) is 0. The number of hydrogen-bond donors (Lipinski definition) is 16. The Labute approximate surface area is 341 Å². The summed E-state index contributed by atoms with van der Waals surface area (Å²) in [5.41, 5.74) is -4.87. The lowest BCUT2D eigenvalue weighted by atomic mass is 9.99. The molecule has 0 spiro atoms. The highest BCUT2D eigenvalue weighted by atomic mass is 17.2. The molecule has 6 aromatic carbocycles. The van der Waals surface area contributed by atoms with Crippen molar-refractivity contribution in [2.75, 3.05) is 0 Å². The van der Waals surface area contributed by atoms with Gasteiger partial charge in [-0.25, -0.2) is 0 Å². The van der Waals surface area contributed by atoms with Crippen LogP contribution < -0.4 is 19.6 Å². The maximum atomic E-state index is 13.9. The molecule has 0 saturated heterocycles. The fourth-order valence-corrected chi connectivity index (χ4v) is 5.45. The summed E-state index contributed by atoms with van der Waals surface area (Å²) in [6, 6.07) is 6.19. The van der Waals surface area contributed by atoms with Crippen molar-refractivity contribution in [1.82, 2.24) is 0 Å². The third kappa shape index (κ3) is 7.32. The number of rotatable bonds is 12. The van der Waals surface area contributed by atoms with Crippen LogP contribution in [0.15, 0.2) is 60.7 Å². The van der Waals surface area contributed by atoms with Gasteiger partial charge in [0.2, 0.25) is 57.6 Å². The molecule has 0 saturated carbocycles. The minimum atomic E-state index is -1.44. The van der Waals surface area contributed by atoms with E-state index < -0.39 is 166 Å². The number of phenolic OH excluding ortho intramolecular Hbond substituents is 16. The zero-order valence-electron chi connectivity index (χ0n) is 30.3. The van der Waals surface area contributed by atoms with Crippen LogP contribution >= 0.6 is 0 Å². The minimum Gasteiger partial charge on any atom is -0.507 e. The van der Waals surface area contributed by atoms with Gasteiger partial charge in [-0.1, -0.05) is 0 Å². The van der Waals surface area contributed by atoms with E-state index in [1.54, 1.807) is 0 Å². The first-order chi connectivity index (χ1) is 29.1. The predicted octanol–water partition coefficient (Wildman–Crippen LogP) is 3.41. The van der Waals surface area contributed by atoms with Crippen molar-refractivity contribution in [3.63, 3.8) is 0 Å². The van der Waals surface area contributed by atoms with Crippen molar-refractivity contribution in [2.45, 2.75) is 0 Å². The highest BCUT2D eigenvalue weighted by Crippen LogP contribution is 2.48. The first-order valence-electron chi connectivity index (χ1n) is 16.6. The standard InChI is InChI=1S/C39H26O23/c40-17-2-1-11(32(51)35(17)54)29(48)13-3-19(42)20(43)9-25(13)59-62-28-7-14(31(50)16-5-24(47)37(56)39(58)34(16)53)26(10-22(28)45)60-61-27-6-12(18(41)8-21(27)44)30(49)15-4-23(46)36(55)38(57)33(15)52/h1-10,40-47,51-58H. The van der Waals surface area contributed by atoms with E-state index >= 15 is 0 Å². The molecule has 0 atom stereocenters. The molecule has 6 rings (SSSR count). The van der Waals surface area contributed by atoms with E-state index in [0.717, 1.165) is 12.1 Å². The van der Waals surface area contributed by atoms with Crippen LogP contribution in [0.5, 0.6) is 115 Å². The lowest BCUT2D eigenvalue weighted by Gasteiger charge is -2.16. The van der Waals surface area contributed by atoms with E-state index in [1.165, 1.54) is 0 Å². The second-order valence-electron chi connectivity index (χ2n) is 12.6. The quantitative estimate of drug-likeness (QED) is 0.0275. The fraction of sp³-hybridized carbons (Fsp3) is 0. The predicted molar refractivity (Wildman–Crippen MR) is 198 cm³/mol. The first-order valence-corrected chi connectivity index (χ1v) is 16.6. The molecule has 0 amide bonds. The molecule has 0 heterocycles. The molecule has 23 heteroatoms. The minimum absolute atomic E-state index is 0.479. The van der Waals surface area contributed by atoms with Crippen LogP contribution in [0.3, 0.4) is 0 Å². The Hall–Kier alpha value is -9.67. The van der Waals surface area contributed by atoms with Gasteiger partial charge in [0.25, 0.3) is 0 Å². The molecule has 62 heavy (non-hydrogen) atoms. The number of aromatic hydroxyl groups is 16. The molecule has 0 bridgehead atoms. The summed E-state index contributed by atoms with van der Waals surface area (Å²) in [6.45, 7) is 0. The molecule has 0 aliphatic heterocycles. The second-order valence-corrected chi connectivity index (χ2v) is 12.6. The smallest absolute Gasteiger partial charge is 0.221 e. The molecule has 320 valence electrons. The molecule has 0 radical (unpaired) electrons. The van der Waals surface area contributed by atoms with Crippen molar-refractivity contribution >= 4 is 17.3 Å². The third-order valence-electron chi connectivity index (χ3n) is 8.71. The summed E-state index contributed by atoms with van der Waals surface area (Å²) in [7, 11) is 0. The second kappa shape index (κ2) is 15.6. The number of carbonyl (C=O) groups excluding carboxylic acids is 3. The monoisotopic (exact) mass is 862 g/mol. The zero-order chi connectivity index (χ0) is 45.6. The topological polar surface area (TPSA) is 412 Å². The highest BCUT2D eigenvalue weighted by Gasteiger charge is 2.30. The Morgan fingerprint density at radius 3 is 1.15 bits per heavy atom. The normalized spacial score (nSPS) is 10.8. The van der Waals surface area contributed by atoms with E-state index in [9.17, 15) is 96.1 Å². The van der Waals surface area contributed by atoms with E-state index in [1.807, 2.05) is 0 Å². The van der Waals surface area contributed by atoms with Crippen LogP contribution in [0.25, 0.3) is 0 Å². The van der Waals surface area contributed by atoms with Gasteiger partial charge in [0.1, 0.15) is 5.75 Å². The Bertz CT molecular complexity index is 2880. The average molecular weight is 863 g/mol. The Kier molecular flexibility index (Phi) is 10.5. The largest absolute Gasteiger partial charge is 0.507 e. The van der Waals surface area contributed by atoms with Gasteiger partial charge < -0.3 is 81.7 Å². The zero-order valence-corrected chi connectivity index (χ0v) is 30.3. The number of ketones is 3. The molecular formula is C39H26O23. The van der Waals surface area contributed by atoms with Crippen LogP contribution in [-0.2, 0) is 0 Å². The Morgan fingerprint density at radius 1 is 0.258 bits per heavy atom. The summed E-state index contributed by atoms with van der Waals surface area (Å²) < 4.78 is 0. The maximum Gasteiger partial charge on any atom is 0.221 e. The Morgan fingerprint density at radius 2 is 0.613 bits per heavy atom. The highest BCUT2D eigenvalue weighted by molar-refractivity contribution is 6.15. The third-order valence-corrected chi connectivity index (χ3v) is 8.71. The van der Waals surface area contributed by atoms with Crippen molar-refractivity contribution in [3.05, 3.63) is 94.0 Å². The SMILES string of the molecule is O=C(c1cc(O)c(O)cc1OOc1cc(C(=O)c2cc(O)c(O)c(O)c2O)c(OOc2cc(C(=O)c3cc(O)c(O)c(O)c3O)c(O)cc2O)cc1O)c1ccc(O)c(O)c1O. The van der Waals surface area contributed by atoms with E-state index in [-0.39, 0.29) is 0 Å². The first kappa shape index (κ1) is 41.9. The Balaban J connectivity index is 1.40. The average Bonchev–Trinajstić information content (AvgIpc) is 3.23. The molecule has 0 aliphatic rings. The van der Waals surface area contributed by atoms with Crippen LogP contribution in [0.1, 0.15) is 47.8 Å². The number of benzene rings is 6. The van der Waals surface area contributed by atoms with Crippen LogP contribution in [-0.4, -0.2) is 99.1 Å². The van der Waals surface area contributed by atoms with Gasteiger partial charge in [-0.2, -0.15) is 0 Å². The van der Waals surface area contributed by atoms with Crippen molar-refractivity contribution < 1.29 is 116 Å². The van der Waals surface area contributed by atoms with Crippen LogP contribution in [0.2, 0.25) is 0 Å². The fourth-order valence-electron chi connectivity index (χ4n) is 5.45. The summed E-state index contributed by atoms with van der Waals surface area (Å²) >= 11 is 0. The van der Waals surface area contributed by atoms with Crippen LogP contribution in [0, 0.1) is 0 Å². The van der Waals surface area contributed by atoms with Gasteiger partial charge in [0.05, 0.1) is 33.4 Å². The molecule has 0 fully saturated rings. The van der Waals surface area contributed by atoms with Gasteiger partial charge >= 0.3 is 0 Å². The molecule has 0 aromatic heterocycles. The summed E-state index contributed by atoms with van der Waals surface area (Å²) in [5, 5.41) is 162.